The van der Waals surface area contributed by atoms with Gasteiger partial charge in [0.15, 0.2) is 0 Å². The molecule has 0 fully saturated rings. The Morgan fingerprint density at radius 1 is 1.36 bits per heavy atom. The van der Waals surface area contributed by atoms with Gasteiger partial charge in [0, 0.05) is 11.4 Å². The second-order valence-electron chi connectivity index (χ2n) is 3.15. The number of methoxy groups -OCH3 is 1. The molecule has 1 aromatic rings. The number of hydrogen-bond acceptors (Lipinski definition) is 2. The van der Waals surface area contributed by atoms with Crippen LogP contribution in [0.4, 0.5) is 5.69 Å². The van der Waals surface area contributed by atoms with Gasteiger partial charge in [-0.1, -0.05) is 13.0 Å². The molecule has 0 aromatic heterocycles. The molecule has 0 saturated heterocycles. The van der Waals surface area contributed by atoms with Crippen molar-refractivity contribution >= 4 is 5.69 Å². The average Bonchev–Trinajstić information content (AvgIpc) is 2.19. The van der Waals surface area contributed by atoms with E-state index in [9.17, 15) is 0 Å². The summed E-state index contributed by atoms with van der Waals surface area (Å²) in [5.41, 5.74) is 2.27. The molecule has 2 heteroatoms. The molecule has 0 heterocycles. The van der Waals surface area contributed by atoms with Gasteiger partial charge in [-0.25, -0.2) is 0 Å². The highest BCUT2D eigenvalue weighted by molar-refractivity contribution is 5.50. The highest BCUT2D eigenvalue weighted by Crippen LogP contribution is 2.16. The van der Waals surface area contributed by atoms with Crippen molar-refractivity contribution in [3.63, 3.8) is 0 Å². The first kappa shape index (κ1) is 10.6. The van der Waals surface area contributed by atoms with E-state index >= 15 is 0 Å². The van der Waals surface area contributed by atoms with Crippen LogP contribution in [0.25, 0.3) is 0 Å². The molecule has 0 atom stereocenters. The fourth-order valence-electron chi connectivity index (χ4n) is 1.26. The normalized spacial score (nSPS) is 11.2. The van der Waals surface area contributed by atoms with E-state index in [1.165, 1.54) is 5.70 Å². The topological polar surface area (TPSA) is 21.3 Å². The third-order valence-corrected chi connectivity index (χ3v) is 1.94. The molecule has 1 N–H and O–H groups in total. The summed E-state index contributed by atoms with van der Waals surface area (Å²) in [5, 5.41) is 3.30. The van der Waals surface area contributed by atoms with Gasteiger partial charge in [-0.3, -0.25) is 0 Å². The zero-order valence-corrected chi connectivity index (χ0v) is 9.00. The van der Waals surface area contributed by atoms with Crippen molar-refractivity contribution in [3.8, 4) is 5.75 Å². The largest absolute Gasteiger partial charge is 0.497 e. The van der Waals surface area contributed by atoms with E-state index in [1.54, 1.807) is 7.11 Å². The van der Waals surface area contributed by atoms with E-state index in [1.807, 2.05) is 24.3 Å². The van der Waals surface area contributed by atoms with Crippen molar-refractivity contribution in [2.45, 2.75) is 20.3 Å². The van der Waals surface area contributed by atoms with Crippen LogP contribution in [0.2, 0.25) is 0 Å². The van der Waals surface area contributed by atoms with Crippen LogP contribution in [0.15, 0.2) is 36.0 Å². The van der Waals surface area contributed by atoms with Gasteiger partial charge in [-0.15, -0.1) is 0 Å². The number of hydrogen-bond donors (Lipinski definition) is 1. The summed E-state index contributed by atoms with van der Waals surface area (Å²) in [7, 11) is 1.67. The van der Waals surface area contributed by atoms with Gasteiger partial charge in [-0.2, -0.15) is 0 Å². The Labute approximate surface area is 85.6 Å². The predicted molar refractivity (Wildman–Crippen MR) is 60.7 cm³/mol. The van der Waals surface area contributed by atoms with Crippen LogP contribution in [0.5, 0.6) is 5.75 Å². The molecule has 0 radical (unpaired) electrons. The average molecular weight is 191 g/mol. The van der Waals surface area contributed by atoms with Crippen LogP contribution < -0.4 is 10.1 Å². The summed E-state index contributed by atoms with van der Waals surface area (Å²) in [5.74, 6) is 0.882. The quantitative estimate of drug-likeness (QED) is 0.787. The summed E-state index contributed by atoms with van der Waals surface area (Å²) in [6.07, 6.45) is 3.21. The Morgan fingerprint density at radius 2 is 2.00 bits per heavy atom. The molecule has 76 valence electrons. The first-order valence-corrected chi connectivity index (χ1v) is 4.84. The van der Waals surface area contributed by atoms with Gasteiger partial charge in [0.1, 0.15) is 5.75 Å². The maximum Gasteiger partial charge on any atom is 0.119 e. The second-order valence-corrected chi connectivity index (χ2v) is 3.15. The standard InChI is InChI=1S/C12H17NO/c1-4-5-10(2)13-11-6-8-12(14-3)9-7-11/h5-9,13H,4H2,1-3H3/b10-5-. The van der Waals surface area contributed by atoms with Gasteiger partial charge in [-0.05, 0) is 37.6 Å². The van der Waals surface area contributed by atoms with Gasteiger partial charge in [0.25, 0.3) is 0 Å². The number of rotatable bonds is 4. The lowest BCUT2D eigenvalue weighted by atomic mass is 10.3. The summed E-state index contributed by atoms with van der Waals surface area (Å²) in [6, 6.07) is 7.90. The Balaban J connectivity index is 2.64. The number of anilines is 1. The van der Waals surface area contributed by atoms with E-state index in [0.29, 0.717) is 0 Å². The first-order chi connectivity index (χ1) is 6.76. The SMILES string of the molecule is CC/C=C(/C)Nc1ccc(OC)cc1. The minimum absolute atomic E-state index is 0.882. The molecule has 0 spiro atoms. The predicted octanol–water partition coefficient (Wildman–Crippen LogP) is 3.42. The smallest absolute Gasteiger partial charge is 0.119 e. The van der Waals surface area contributed by atoms with Gasteiger partial charge in [0.2, 0.25) is 0 Å². The van der Waals surface area contributed by atoms with Crippen molar-refractivity contribution in [2.75, 3.05) is 12.4 Å². The highest BCUT2D eigenvalue weighted by Gasteiger charge is 1.93. The monoisotopic (exact) mass is 191 g/mol. The van der Waals surface area contributed by atoms with Crippen LogP contribution >= 0.6 is 0 Å². The molecule has 0 aliphatic rings. The molecule has 1 aromatic carbocycles. The van der Waals surface area contributed by atoms with Gasteiger partial charge >= 0.3 is 0 Å². The number of benzene rings is 1. The summed E-state index contributed by atoms with van der Waals surface area (Å²) in [6.45, 7) is 4.19. The van der Waals surface area contributed by atoms with Crippen LogP contribution in [0.3, 0.4) is 0 Å². The van der Waals surface area contributed by atoms with Crippen molar-refractivity contribution in [2.24, 2.45) is 0 Å². The number of ether oxygens (including phenoxy) is 1. The van der Waals surface area contributed by atoms with E-state index in [0.717, 1.165) is 17.9 Å². The van der Waals surface area contributed by atoms with Crippen molar-refractivity contribution < 1.29 is 4.74 Å². The molecule has 0 aliphatic carbocycles. The lowest BCUT2D eigenvalue weighted by Gasteiger charge is -2.07. The highest BCUT2D eigenvalue weighted by atomic mass is 16.5. The number of nitrogens with one attached hydrogen (secondary N) is 1. The third kappa shape index (κ3) is 3.13. The molecule has 2 nitrogen and oxygen atoms in total. The third-order valence-electron chi connectivity index (χ3n) is 1.94. The minimum Gasteiger partial charge on any atom is -0.497 e. The molecule has 0 bridgehead atoms. The molecule has 0 unspecified atom stereocenters. The fourth-order valence-corrected chi connectivity index (χ4v) is 1.26. The van der Waals surface area contributed by atoms with Gasteiger partial charge < -0.3 is 10.1 Å². The maximum absolute atomic E-state index is 5.08. The zero-order valence-electron chi connectivity index (χ0n) is 9.00. The fraction of sp³-hybridized carbons (Fsp3) is 0.333. The molecule has 14 heavy (non-hydrogen) atoms. The van der Waals surface area contributed by atoms with Crippen molar-refractivity contribution in [1.29, 1.82) is 0 Å². The molecule has 0 amide bonds. The van der Waals surface area contributed by atoms with Crippen molar-refractivity contribution in [1.82, 2.24) is 0 Å². The van der Waals surface area contributed by atoms with E-state index in [-0.39, 0.29) is 0 Å². The molecule has 0 saturated carbocycles. The second kappa shape index (κ2) is 5.32. The lowest BCUT2D eigenvalue weighted by Crippen LogP contribution is -1.94. The Kier molecular flexibility index (Phi) is 4.05. The summed E-state index contributed by atoms with van der Waals surface area (Å²) < 4.78 is 5.08. The Hall–Kier alpha value is -1.44. The minimum atomic E-state index is 0.882. The van der Waals surface area contributed by atoms with Crippen LogP contribution in [0.1, 0.15) is 20.3 Å². The first-order valence-electron chi connectivity index (χ1n) is 4.84. The van der Waals surface area contributed by atoms with E-state index in [4.69, 9.17) is 4.74 Å². The molecular formula is C12H17NO. The van der Waals surface area contributed by atoms with E-state index in [2.05, 4.69) is 25.2 Å². The number of allylic oxidation sites excluding steroid dienone is 2. The zero-order chi connectivity index (χ0) is 10.4. The van der Waals surface area contributed by atoms with Crippen LogP contribution in [0, 0.1) is 0 Å². The van der Waals surface area contributed by atoms with Gasteiger partial charge in [0.05, 0.1) is 7.11 Å². The van der Waals surface area contributed by atoms with E-state index < -0.39 is 0 Å². The van der Waals surface area contributed by atoms with Crippen LogP contribution in [-0.4, -0.2) is 7.11 Å². The molecule has 1 rings (SSSR count). The molecule has 0 aliphatic heterocycles. The summed E-state index contributed by atoms with van der Waals surface area (Å²) >= 11 is 0. The Bertz CT molecular complexity index is 301. The van der Waals surface area contributed by atoms with Crippen LogP contribution in [-0.2, 0) is 0 Å². The Morgan fingerprint density at radius 3 is 2.50 bits per heavy atom. The summed E-state index contributed by atoms with van der Waals surface area (Å²) in [4.78, 5) is 0. The van der Waals surface area contributed by atoms with Crippen molar-refractivity contribution in [3.05, 3.63) is 36.0 Å². The lowest BCUT2D eigenvalue weighted by molar-refractivity contribution is 0.415. The molecular weight excluding hydrogens is 174 g/mol. The maximum atomic E-state index is 5.08.